The molecular weight excluding hydrogens is 286 g/mol. The molecule has 0 spiro atoms. The lowest BCUT2D eigenvalue weighted by Gasteiger charge is -2.02. The van der Waals surface area contributed by atoms with Crippen molar-refractivity contribution in [2.24, 2.45) is 10.7 Å². The normalized spacial score (nSPS) is 11.9. The van der Waals surface area contributed by atoms with Crippen LogP contribution in [-0.4, -0.2) is 9.73 Å². The molecule has 3 rings (SSSR count). The summed E-state index contributed by atoms with van der Waals surface area (Å²) in [5, 5.41) is 0.401. The van der Waals surface area contributed by atoms with E-state index < -0.39 is 5.76 Å². The minimum Gasteiger partial charge on any atom is -0.408 e. The lowest BCUT2D eigenvalue weighted by atomic mass is 10.3. The van der Waals surface area contributed by atoms with Crippen molar-refractivity contribution in [3.05, 3.63) is 65.1 Å². The summed E-state index contributed by atoms with van der Waals surface area (Å²) in [7, 11) is 0. The van der Waals surface area contributed by atoms with Gasteiger partial charge in [-0.25, -0.2) is 9.79 Å². The molecule has 0 saturated carbocycles. The number of hydrogen-bond acceptors (Lipinski definition) is 4. The molecule has 21 heavy (non-hydrogen) atoms. The maximum Gasteiger partial charge on any atom is 0.420 e. The van der Waals surface area contributed by atoms with Crippen LogP contribution in [0.1, 0.15) is 0 Å². The van der Waals surface area contributed by atoms with Gasteiger partial charge in [-0.05, 0) is 24.3 Å². The van der Waals surface area contributed by atoms with Crippen molar-refractivity contribution < 1.29 is 4.42 Å². The number of amidine groups is 1. The van der Waals surface area contributed by atoms with Crippen LogP contribution in [0.25, 0.3) is 11.1 Å². The number of para-hydroxylation sites is 3. The van der Waals surface area contributed by atoms with Gasteiger partial charge in [-0.2, -0.15) is 0 Å². The molecule has 0 aliphatic rings. The Labute approximate surface area is 125 Å². The van der Waals surface area contributed by atoms with Crippen LogP contribution in [0.15, 0.2) is 68.8 Å². The van der Waals surface area contributed by atoms with Gasteiger partial charge in [0.15, 0.2) is 10.8 Å². The molecule has 0 aliphatic heterocycles. The zero-order chi connectivity index (χ0) is 14.7. The van der Waals surface area contributed by atoms with E-state index in [4.69, 9.17) is 10.2 Å². The zero-order valence-corrected chi connectivity index (χ0v) is 11.9. The first-order valence-corrected chi connectivity index (χ1v) is 7.33. The number of aliphatic imine (C=N–C) groups is 1. The number of aromatic nitrogens is 1. The van der Waals surface area contributed by atoms with Gasteiger partial charge >= 0.3 is 5.76 Å². The van der Waals surface area contributed by atoms with Gasteiger partial charge in [-0.15, -0.1) is 0 Å². The fourth-order valence-corrected chi connectivity index (χ4v) is 2.60. The third kappa shape index (κ3) is 3.00. The Kier molecular flexibility index (Phi) is 3.79. The van der Waals surface area contributed by atoms with E-state index in [0.29, 0.717) is 16.6 Å². The monoisotopic (exact) mass is 299 g/mol. The minimum absolute atomic E-state index is 0.359. The first kappa shape index (κ1) is 13.5. The summed E-state index contributed by atoms with van der Waals surface area (Å²) in [6, 6.07) is 16.7. The van der Waals surface area contributed by atoms with E-state index >= 15 is 0 Å². The number of hydrogen-bond donors (Lipinski definition) is 1. The van der Waals surface area contributed by atoms with E-state index in [0.717, 1.165) is 11.2 Å². The molecule has 0 amide bonds. The fraction of sp³-hybridized carbons (Fsp3) is 0.0667. The van der Waals surface area contributed by atoms with Crippen molar-refractivity contribution in [2.75, 3.05) is 0 Å². The second-order valence-electron chi connectivity index (χ2n) is 4.32. The fourth-order valence-electron chi connectivity index (χ4n) is 1.93. The molecule has 1 heterocycles. The Balaban J connectivity index is 1.79. The number of nitrogens with zero attached hydrogens (tertiary/aromatic N) is 2. The molecule has 6 heteroatoms. The summed E-state index contributed by atoms with van der Waals surface area (Å²) in [6.45, 7) is 0. The number of rotatable bonds is 3. The van der Waals surface area contributed by atoms with E-state index in [1.54, 1.807) is 6.07 Å². The van der Waals surface area contributed by atoms with Gasteiger partial charge in [-0.1, -0.05) is 42.1 Å². The molecule has 2 N–H and O–H groups in total. The Morgan fingerprint density at radius 1 is 1.14 bits per heavy atom. The van der Waals surface area contributed by atoms with Crippen LogP contribution in [0.4, 0.5) is 5.69 Å². The topological polar surface area (TPSA) is 73.5 Å². The summed E-state index contributed by atoms with van der Waals surface area (Å²) in [5.41, 5.74) is 7.99. The summed E-state index contributed by atoms with van der Waals surface area (Å²) in [4.78, 5) is 16.1. The molecule has 106 valence electrons. The third-order valence-corrected chi connectivity index (χ3v) is 3.69. The van der Waals surface area contributed by atoms with Gasteiger partial charge in [0.05, 0.1) is 17.1 Å². The highest BCUT2D eigenvalue weighted by molar-refractivity contribution is 8.13. The standard InChI is InChI=1S/C15H13N3O2S/c16-14(17-11-6-2-1-3-7-11)21-10-18-12-8-4-5-9-13(12)20-15(18)19/h1-9H,10H2,(H2,16,17). The van der Waals surface area contributed by atoms with Crippen molar-refractivity contribution in [3.63, 3.8) is 0 Å². The third-order valence-electron chi connectivity index (χ3n) is 2.91. The summed E-state index contributed by atoms with van der Waals surface area (Å²) < 4.78 is 6.70. The Morgan fingerprint density at radius 3 is 2.67 bits per heavy atom. The second-order valence-corrected chi connectivity index (χ2v) is 5.29. The maximum absolute atomic E-state index is 11.8. The van der Waals surface area contributed by atoms with E-state index in [1.807, 2.05) is 48.5 Å². The highest BCUT2D eigenvalue weighted by atomic mass is 32.2. The molecule has 0 fully saturated rings. The Bertz CT molecular complexity index is 837. The SMILES string of the molecule is NC(=Nc1ccccc1)SCn1c(=O)oc2ccccc21. The zero-order valence-electron chi connectivity index (χ0n) is 11.1. The first-order chi connectivity index (χ1) is 10.2. The van der Waals surface area contributed by atoms with E-state index in [9.17, 15) is 4.79 Å². The molecule has 0 bridgehead atoms. The van der Waals surface area contributed by atoms with Crippen LogP contribution in [0, 0.1) is 0 Å². The van der Waals surface area contributed by atoms with Crippen LogP contribution in [-0.2, 0) is 5.88 Å². The molecule has 0 saturated heterocycles. The molecule has 3 aromatic rings. The predicted molar refractivity (Wildman–Crippen MR) is 85.8 cm³/mol. The summed E-state index contributed by atoms with van der Waals surface area (Å²) in [5.74, 6) is -0.0333. The van der Waals surface area contributed by atoms with Crippen molar-refractivity contribution in [1.82, 2.24) is 4.57 Å². The van der Waals surface area contributed by atoms with Crippen LogP contribution < -0.4 is 11.5 Å². The molecule has 0 atom stereocenters. The summed E-state index contributed by atoms with van der Waals surface area (Å²) >= 11 is 1.29. The maximum atomic E-state index is 11.8. The van der Waals surface area contributed by atoms with Crippen molar-refractivity contribution in [1.29, 1.82) is 0 Å². The predicted octanol–water partition coefficient (Wildman–Crippen LogP) is 2.93. The smallest absolute Gasteiger partial charge is 0.408 e. The highest BCUT2D eigenvalue weighted by Crippen LogP contribution is 2.17. The largest absolute Gasteiger partial charge is 0.420 e. The Morgan fingerprint density at radius 2 is 1.86 bits per heavy atom. The van der Waals surface area contributed by atoms with Crippen molar-refractivity contribution >= 4 is 33.7 Å². The number of benzene rings is 2. The van der Waals surface area contributed by atoms with Crippen LogP contribution in [0.2, 0.25) is 0 Å². The quantitative estimate of drug-likeness (QED) is 0.596. The lowest BCUT2D eigenvalue weighted by molar-refractivity contribution is 0.526. The van der Waals surface area contributed by atoms with Crippen LogP contribution in [0.3, 0.4) is 0 Å². The van der Waals surface area contributed by atoms with Gasteiger partial charge < -0.3 is 10.2 Å². The van der Waals surface area contributed by atoms with Gasteiger partial charge in [0.25, 0.3) is 0 Å². The number of thioether (sulfide) groups is 1. The van der Waals surface area contributed by atoms with Crippen LogP contribution >= 0.6 is 11.8 Å². The molecule has 0 unspecified atom stereocenters. The van der Waals surface area contributed by atoms with Gasteiger partial charge in [0.1, 0.15) is 0 Å². The Hall–Kier alpha value is -2.47. The van der Waals surface area contributed by atoms with E-state index in [2.05, 4.69) is 4.99 Å². The van der Waals surface area contributed by atoms with Crippen LogP contribution in [0.5, 0.6) is 0 Å². The molecule has 0 radical (unpaired) electrons. The molecule has 1 aromatic heterocycles. The molecule has 5 nitrogen and oxygen atoms in total. The average molecular weight is 299 g/mol. The number of fused-ring (bicyclic) bond motifs is 1. The van der Waals surface area contributed by atoms with Gasteiger partial charge in [0, 0.05) is 0 Å². The highest BCUT2D eigenvalue weighted by Gasteiger charge is 2.08. The lowest BCUT2D eigenvalue weighted by Crippen LogP contribution is -2.15. The molecule has 2 aromatic carbocycles. The molecule has 0 aliphatic carbocycles. The van der Waals surface area contributed by atoms with Crippen molar-refractivity contribution in [3.8, 4) is 0 Å². The van der Waals surface area contributed by atoms with Gasteiger partial charge in [0.2, 0.25) is 0 Å². The molecular formula is C15H13N3O2S. The minimum atomic E-state index is -0.392. The average Bonchev–Trinajstić information content (AvgIpc) is 2.81. The van der Waals surface area contributed by atoms with Gasteiger partial charge in [-0.3, -0.25) is 4.57 Å². The van der Waals surface area contributed by atoms with Crippen molar-refractivity contribution in [2.45, 2.75) is 5.88 Å². The van der Waals surface area contributed by atoms with E-state index in [1.165, 1.54) is 16.3 Å². The van der Waals surface area contributed by atoms with E-state index in [-0.39, 0.29) is 0 Å². The summed E-state index contributed by atoms with van der Waals surface area (Å²) in [6.07, 6.45) is 0. The second kappa shape index (κ2) is 5.88. The first-order valence-electron chi connectivity index (χ1n) is 6.34. The number of oxazole rings is 1. The number of nitrogens with two attached hydrogens (primary N) is 1.